The second kappa shape index (κ2) is 8.83. The molecule has 180 valence electrons. The van der Waals surface area contributed by atoms with Gasteiger partial charge in [0.05, 0.1) is 36.2 Å². The molecule has 1 amide bonds. The number of carbonyl (C=O) groups is 1. The maximum Gasteiger partial charge on any atom is 0.269 e. The van der Waals surface area contributed by atoms with Gasteiger partial charge in [0.1, 0.15) is 23.9 Å². The van der Waals surface area contributed by atoms with Crippen molar-refractivity contribution in [1.82, 2.24) is 30.1 Å². The number of hydrogen-bond acceptors (Lipinski definition) is 6. The van der Waals surface area contributed by atoms with Gasteiger partial charge in [0, 0.05) is 6.20 Å². The van der Waals surface area contributed by atoms with Gasteiger partial charge < -0.3 is 14.8 Å². The highest BCUT2D eigenvalue weighted by Gasteiger charge is 2.49. The third-order valence-electron chi connectivity index (χ3n) is 7.16. The molecule has 9 heteroatoms. The molecule has 4 heterocycles. The van der Waals surface area contributed by atoms with E-state index in [4.69, 9.17) is 9.47 Å². The third-order valence-corrected chi connectivity index (χ3v) is 7.16. The predicted molar refractivity (Wildman–Crippen MR) is 122 cm³/mol. The first-order chi connectivity index (χ1) is 15.8. The Labute approximate surface area is 195 Å². The van der Waals surface area contributed by atoms with Crippen LogP contribution in [0, 0.1) is 12.8 Å². The topological polar surface area (TPSA) is 96.1 Å². The number of nitrogens with one attached hydrogen (secondary N) is 1. The molecule has 1 aliphatic carbocycles. The summed E-state index contributed by atoms with van der Waals surface area (Å²) in [5.74, 6) is 0.575. The molecule has 0 bridgehead atoms. The molecule has 0 spiro atoms. The molecule has 3 aliphatic rings. The molecule has 1 saturated carbocycles. The molecule has 5 rings (SSSR count). The van der Waals surface area contributed by atoms with E-state index < -0.39 is 0 Å². The standard InChI is InChI=1S/C24H36N6O3/c1-15-10-19(30(27-15)24(2,3)4)23(31)25-18-13-32-22-20(14-33-21(18)22)29-12-17(26-28-29)11-16-8-6-5-7-9-16/h10,12,16,18,20-22H,5-9,11,13-14H2,1-4H3,(H,25,31)/t18-,20-,21+,22+/m0/s1. The summed E-state index contributed by atoms with van der Waals surface area (Å²) in [7, 11) is 0. The van der Waals surface area contributed by atoms with Crippen LogP contribution in [0.2, 0.25) is 0 Å². The van der Waals surface area contributed by atoms with E-state index in [1.807, 2.05) is 38.4 Å². The average molecular weight is 457 g/mol. The molecule has 33 heavy (non-hydrogen) atoms. The van der Waals surface area contributed by atoms with Crippen molar-refractivity contribution in [1.29, 1.82) is 0 Å². The summed E-state index contributed by atoms with van der Waals surface area (Å²) in [6.07, 6.45) is 9.33. The number of carbonyl (C=O) groups excluding carboxylic acids is 1. The van der Waals surface area contributed by atoms with E-state index in [0.29, 0.717) is 18.9 Å². The molecule has 0 radical (unpaired) electrons. The maximum absolute atomic E-state index is 13.1. The van der Waals surface area contributed by atoms with Crippen LogP contribution in [0.25, 0.3) is 0 Å². The summed E-state index contributed by atoms with van der Waals surface area (Å²) in [4.78, 5) is 13.1. The van der Waals surface area contributed by atoms with Gasteiger partial charge >= 0.3 is 0 Å². The Morgan fingerprint density at radius 1 is 1.15 bits per heavy atom. The Hall–Kier alpha value is -2.26. The molecular weight excluding hydrogens is 420 g/mol. The number of ether oxygens (including phenoxy) is 2. The van der Waals surface area contributed by atoms with Crippen molar-refractivity contribution >= 4 is 5.91 Å². The van der Waals surface area contributed by atoms with Crippen molar-refractivity contribution in [3.05, 3.63) is 29.3 Å². The fraction of sp³-hybridized carbons (Fsp3) is 0.750. The molecule has 2 saturated heterocycles. The zero-order chi connectivity index (χ0) is 23.2. The number of nitrogens with zero attached hydrogens (tertiary/aromatic N) is 5. The van der Waals surface area contributed by atoms with Gasteiger partial charge in [0.15, 0.2) is 0 Å². The van der Waals surface area contributed by atoms with E-state index >= 15 is 0 Å². The van der Waals surface area contributed by atoms with Gasteiger partial charge in [-0.1, -0.05) is 37.3 Å². The predicted octanol–water partition coefficient (Wildman–Crippen LogP) is 2.80. The zero-order valence-corrected chi connectivity index (χ0v) is 20.2. The maximum atomic E-state index is 13.1. The van der Waals surface area contributed by atoms with Crippen LogP contribution in [0.15, 0.2) is 12.3 Å². The van der Waals surface area contributed by atoms with Gasteiger partial charge in [-0.3, -0.25) is 9.48 Å². The van der Waals surface area contributed by atoms with Crippen molar-refractivity contribution in [3.63, 3.8) is 0 Å². The lowest BCUT2D eigenvalue weighted by atomic mass is 9.86. The Bertz CT molecular complexity index is 987. The quantitative estimate of drug-likeness (QED) is 0.743. The van der Waals surface area contributed by atoms with Crippen LogP contribution in [0.1, 0.15) is 80.8 Å². The molecule has 2 aliphatic heterocycles. The molecule has 2 aromatic heterocycles. The highest BCUT2D eigenvalue weighted by molar-refractivity contribution is 5.93. The van der Waals surface area contributed by atoms with Crippen molar-refractivity contribution in [2.75, 3.05) is 13.2 Å². The van der Waals surface area contributed by atoms with Crippen molar-refractivity contribution in [2.24, 2.45) is 5.92 Å². The third kappa shape index (κ3) is 4.57. The summed E-state index contributed by atoms with van der Waals surface area (Å²) < 4.78 is 15.9. The van der Waals surface area contributed by atoms with Crippen molar-refractivity contribution < 1.29 is 14.3 Å². The van der Waals surface area contributed by atoms with Crippen LogP contribution < -0.4 is 5.32 Å². The molecular formula is C24H36N6O3. The fourth-order valence-electron chi connectivity index (χ4n) is 5.50. The smallest absolute Gasteiger partial charge is 0.269 e. The van der Waals surface area contributed by atoms with E-state index in [2.05, 4.69) is 26.9 Å². The number of aryl methyl sites for hydroxylation is 1. The van der Waals surface area contributed by atoms with Crippen LogP contribution in [0.3, 0.4) is 0 Å². The summed E-state index contributed by atoms with van der Waals surface area (Å²) >= 11 is 0. The average Bonchev–Trinajstić information content (AvgIpc) is 3.53. The largest absolute Gasteiger partial charge is 0.371 e. The number of hydrogen-bond donors (Lipinski definition) is 1. The van der Waals surface area contributed by atoms with E-state index in [9.17, 15) is 4.79 Å². The zero-order valence-electron chi connectivity index (χ0n) is 20.2. The van der Waals surface area contributed by atoms with Crippen LogP contribution in [0.4, 0.5) is 0 Å². The highest BCUT2D eigenvalue weighted by Crippen LogP contribution is 2.34. The molecule has 3 fully saturated rings. The molecule has 2 aromatic rings. The minimum Gasteiger partial charge on any atom is -0.371 e. The van der Waals surface area contributed by atoms with Gasteiger partial charge in [-0.25, -0.2) is 4.68 Å². The Morgan fingerprint density at radius 3 is 2.67 bits per heavy atom. The second-order valence-electron chi connectivity index (χ2n) is 10.9. The van der Waals surface area contributed by atoms with E-state index in [1.165, 1.54) is 32.1 Å². The van der Waals surface area contributed by atoms with Crippen LogP contribution >= 0.6 is 0 Å². The van der Waals surface area contributed by atoms with E-state index in [0.717, 1.165) is 23.7 Å². The number of amides is 1. The monoisotopic (exact) mass is 456 g/mol. The van der Waals surface area contributed by atoms with Gasteiger partial charge in [-0.05, 0) is 46.1 Å². The number of rotatable bonds is 5. The second-order valence-corrected chi connectivity index (χ2v) is 10.9. The van der Waals surface area contributed by atoms with Crippen molar-refractivity contribution in [3.8, 4) is 0 Å². The molecule has 0 aromatic carbocycles. The van der Waals surface area contributed by atoms with Gasteiger partial charge in [-0.15, -0.1) is 5.10 Å². The van der Waals surface area contributed by atoms with Gasteiger partial charge in [0.2, 0.25) is 0 Å². The lowest BCUT2D eigenvalue weighted by Crippen LogP contribution is -2.45. The summed E-state index contributed by atoms with van der Waals surface area (Å²) in [6.45, 7) is 8.94. The minimum atomic E-state index is -0.285. The number of aromatic nitrogens is 5. The normalized spacial score (nSPS) is 28.2. The van der Waals surface area contributed by atoms with Crippen LogP contribution in [-0.4, -0.2) is 62.1 Å². The van der Waals surface area contributed by atoms with E-state index in [1.54, 1.807) is 4.68 Å². The lowest BCUT2D eigenvalue weighted by molar-refractivity contribution is 0.0612. The van der Waals surface area contributed by atoms with Crippen LogP contribution in [-0.2, 0) is 21.4 Å². The minimum absolute atomic E-state index is 0.0214. The Kier molecular flexibility index (Phi) is 6.03. The van der Waals surface area contributed by atoms with Crippen LogP contribution in [0.5, 0.6) is 0 Å². The Balaban J connectivity index is 1.23. The summed E-state index contributed by atoms with van der Waals surface area (Å²) in [6, 6.07) is 1.60. The number of fused-ring (bicyclic) bond motifs is 1. The molecule has 9 nitrogen and oxygen atoms in total. The fourth-order valence-corrected chi connectivity index (χ4v) is 5.50. The summed E-state index contributed by atoms with van der Waals surface area (Å²) in [5.41, 5.74) is 2.15. The van der Waals surface area contributed by atoms with Crippen molar-refractivity contribution in [2.45, 2.75) is 96.1 Å². The SMILES string of the molecule is Cc1cc(C(=O)N[C@H]2CO[C@H]3[C@@H]2OC[C@@H]3n2cc(CC3CCCCC3)nn2)n(C(C)(C)C)n1. The van der Waals surface area contributed by atoms with Gasteiger partial charge in [0.25, 0.3) is 5.91 Å². The molecule has 0 unspecified atom stereocenters. The summed E-state index contributed by atoms with van der Waals surface area (Å²) in [5, 5.41) is 16.5. The molecule has 1 N–H and O–H groups in total. The first kappa shape index (κ1) is 22.5. The van der Waals surface area contributed by atoms with Gasteiger partial charge in [-0.2, -0.15) is 5.10 Å². The first-order valence-electron chi connectivity index (χ1n) is 12.3. The Morgan fingerprint density at radius 2 is 1.91 bits per heavy atom. The molecule has 4 atom stereocenters. The van der Waals surface area contributed by atoms with E-state index in [-0.39, 0.29) is 35.7 Å². The highest BCUT2D eigenvalue weighted by atomic mass is 16.6. The first-order valence-corrected chi connectivity index (χ1v) is 12.3. The lowest BCUT2D eigenvalue weighted by Gasteiger charge is -2.23.